The van der Waals surface area contributed by atoms with Crippen LogP contribution < -0.4 is 9.64 Å². The highest BCUT2D eigenvalue weighted by molar-refractivity contribution is 7.89. The summed E-state index contributed by atoms with van der Waals surface area (Å²) < 4.78 is 39.8. The number of methoxy groups -OCH3 is 1. The van der Waals surface area contributed by atoms with Gasteiger partial charge in [-0.1, -0.05) is 29.9 Å². The molecule has 2 aliphatic heterocycles. The minimum Gasteiger partial charge on any atom is -0.494 e. The fraction of sp³-hybridized carbons (Fsp3) is 0.462. The zero-order valence-electron chi connectivity index (χ0n) is 20.9. The van der Waals surface area contributed by atoms with Crippen LogP contribution in [-0.2, 0) is 14.8 Å². The third-order valence-electron chi connectivity index (χ3n) is 7.04. The van der Waals surface area contributed by atoms with Crippen LogP contribution in [0.3, 0.4) is 0 Å². The van der Waals surface area contributed by atoms with E-state index in [0.717, 1.165) is 30.4 Å². The standard InChI is InChI=1S/C26H30ClN3O5S2/c1-17-11-13-29(14-12-17)37(32,33)20-7-5-18(6-8-20)25(31)30(16-19-4-3-15-35-19)26-28-23-22(34-2)10-9-21(27)24(23)36-26/h5-10,17,19H,3-4,11-16H2,1-2H3. The van der Waals surface area contributed by atoms with Crippen molar-refractivity contribution < 1.29 is 22.7 Å². The van der Waals surface area contributed by atoms with Crippen LogP contribution in [0.5, 0.6) is 5.75 Å². The van der Waals surface area contributed by atoms with E-state index >= 15 is 0 Å². The first-order chi connectivity index (χ1) is 17.8. The Morgan fingerprint density at radius 3 is 2.57 bits per heavy atom. The molecule has 0 aliphatic carbocycles. The van der Waals surface area contributed by atoms with Gasteiger partial charge in [0.05, 0.1) is 34.4 Å². The molecule has 0 N–H and O–H groups in total. The number of hydrogen-bond donors (Lipinski definition) is 0. The highest BCUT2D eigenvalue weighted by atomic mass is 35.5. The van der Waals surface area contributed by atoms with E-state index in [1.807, 2.05) is 0 Å². The molecular weight excluding hydrogens is 534 g/mol. The quantitative estimate of drug-likeness (QED) is 0.392. The third-order valence-corrected chi connectivity index (χ3v) is 10.5. The molecule has 0 saturated carbocycles. The minimum absolute atomic E-state index is 0.102. The lowest BCUT2D eigenvalue weighted by Gasteiger charge is -2.29. The average molecular weight is 564 g/mol. The highest BCUT2D eigenvalue weighted by Gasteiger charge is 2.30. The Morgan fingerprint density at radius 1 is 1.19 bits per heavy atom. The van der Waals surface area contributed by atoms with Crippen LogP contribution in [0.15, 0.2) is 41.3 Å². The minimum atomic E-state index is -3.60. The van der Waals surface area contributed by atoms with Crippen LogP contribution >= 0.6 is 22.9 Å². The van der Waals surface area contributed by atoms with Crippen LogP contribution in [0.25, 0.3) is 10.2 Å². The van der Waals surface area contributed by atoms with Crippen molar-refractivity contribution in [2.24, 2.45) is 5.92 Å². The molecular formula is C26H30ClN3O5S2. The number of ether oxygens (including phenoxy) is 2. The van der Waals surface area contributed by atoms with E-state index < -0.39 is 10.0 Å². The fourth-order valence-corrected chi connectivity index (χ4v) is 7.49. The second kappa shape index (κ2) is 10.9. The van der Waals surface area contributed by atoms with Gasteiger partial charge < -0.3 is 9.47 Å². The first kappa shape index (κ1) is 26.4. The number of benzene rings is 2. The topological polar surface area (TPSA) is 89.0 Å². The van der Waals surface area contributed by atoms with Crippen LogP contribution in [0.1, 0.15) is 43.0 Å². The van der Waals surface area contributed by atoms with Crippen molar-refractivity contribution in [1.82, 2.24) is 9.29 Å². The second-order valence-corrected chi connectivity index (χ2v) is 12.9. The number of halogens is 1. The predicted molar refractivity (Wildman–Crippen MR) is 145 cm³/mol. The summed E-state index contributed by atoms with van der Waals surface area (Å²) in [5, 5.41) is 1.02. The van der Waals surface area contributed by atoms with Crippen molar-refractivity contribution in [3.05, 3.63) is 47.0 Å². The van der Waals surface area contributed by atoms with Gasteiger partial charge in [-0.05, 0) is 68.0 Å². The molecule has 2 fully saturated rings. The van der Waals surface area contributed by atoms with Crippen molar-refractivity contribution in [2.75, 3.05) is 38.3 Å². The second-order valence-electron chi connectivity index (χ2n) is 9.59. The highest BCUT2D eigenvalue weighted by Crippen LogP contribution is 2.39. The number of fused-ring (bicyclic) bond motifs is 1. The number of anilines is 1. The zero-order valence-corrected chi connectivity index (χ0v) is 23.2. The number of thiazole rings is 1. The maximum absolute atomic E-state index is 13.8. The Bertz CT molecular complexity index is 1380. The molecule has 3 heterocycles. The maximum Gasteiger partial charge on any atom is 0.260 e. The molecule has 1 amide bonds. The van der Waals surface area contributed by atoms with Crippen molar-refractivity contribution in [3.63, 3.8) is 0 Å². The van der Waals surface area contributed by atoms with Crippen molar-refractivity contribution in [3.8, 4) is 5.75 Å². The molecule has 11 heteroatoms. The number of nitrogens with zero attached hydrogens (tertiary/aromatic N) is 3. The molecule has 2 aliphatic rings. The number of amides is 1. The molecule has 3 aromatic rings. The molecule has 0 bridgehead atoms. The Balaban J connectivity index is 1.45. The van der Waals surface area contributed by atoms with E-state index in [9.17, 15) is 13.2 Å². The summed E-state index contributed by atoms with van der Waals surface area (Å²) in [6.45, 7) is 4.17. The van der Waals surface area contributed by atoms with Crippen LogP contribution in [0, 0.1) is 5.92 Å². The van der Waals surface area contributed by atoms with Gasteiger partial charge in [0.1, 0.15) is 11.3 Å². The van der Waals surface area contributed by atoms with Crippen molar-refractivity contribution >= 4 is 54.2 Å². The maximum atomic E-state index is 13.8. The SMILES string of the molecule is COc1ccc(Cl)c2sc(N(CC3CCCO3)C(=O)c3ccc(S(=O)(=O)N4CCC(C)CC4)cc3)nc12. The largest absolute Gasteiger partial charge is 0.494 e. The number of rotatable bonds is 7. The molecule has 1 unspecified atom stereocenters. The molecule has 1 aromatic heterocycles. The molecule has 2 saturated heterocycles. The van der Waals surface area contributed by atoms with E-state index in [1.165, 1.54) is 27.8 Å². The van der Waals surface area contributed by atoms with Crippen molar-refractivity contribution in [1.29, 1.82) is 0 Å². The Hall–Kier alpha value is -2.24. The van der Waals surface area contributed by atoms with Crippen molar-refractivity contribution in [2.45, 2.75) is 43.6 Å². The molecule has 8 nitrogen and oxygen atoms in total. The zero-order chi connectivity index (χ0) is 26.2. The molecule has 5 rings (SSSR count). The van der Waals surface area contributed by atoms with Crippen LogP contribution in [0.2, 0.25) is 5.02 Å². The Morgan fingerprint density at radius 2 is 1.92 bits per heavy atom. The van der Waals surface area contributed by atoms with Crippen LogP contribution in [-0.4, -0.2) is 63.1 Å². The first-order valence-corrected chi connectivity index (χ1v) is 15.1. The van der Waals surface area contributed by atoms with E-state index in [1.54, 1.807) is 36.3 Å². The van der Waals surface area contributed by atoms with Gasteiger partial charge in [0.2, 0.25) is 10.0 Å². The van der Waals surface area contributed by atoms with E-state index in [-0.39, 0.29) is 16.9 Å². The van der Waals surface area contributed by atoms with Gasteiger partial charge in [0, 0.05) is 25.3 Å². The van der Waals surface area contributed by atoms with Gasteiger partial charge in [-0.3, -0.25) is 9.69 Å². The average Bonchev–Trinajstić information content (AvgIpc) is 3.58. The lowest BCUT2D eigenvalue weighted by Crippen LogP contribution is -2.38. The fourth-order valence-electron chi connectivity index (χ4n) is 4.76. The van der Waals surface area contributed by atoms with E-state index in [2.05, 4.69) is 6.92 Å². The smallest absolute Gasteiger partial charge is 0.260 e. The number of piperidine rings is 1. The Labute approximate surface area is 226 Å². The number of sulfonamides is 1. The number of aromatic nitrogens is 1. The molecule has 198 valence electrons. The number of hydrogen-bond acceptors (Lipinski definition) is 7. The molecule has 1 atom stereocenters. The van der Waals surface area contributed by atoms with E-state index in [0.29, 0.717) is 59.1 Å². The lowest BCUT2D eigenvalue weighted by molar-refractivity contribution is 0.0917. The van der Waals surface area contributed by atoms with Gasteiger partial charge in [0.15, 0.2) is 5.13 Å². The molecule has 0 radical (unpaired) electrons. The summed E-state index contributed by atoms with van der Waals surface area (Å²) in [4.78, 5) is 20.3. The van der Waals surface area contributed by atoms with Gasteiger partial charge >= 0.3 is 0 Å². The Kier molecular flexibility index (Phi) is 7.74. The van der Waals surface area contributed by atoms with Gasteiger partial charge in [-0.15, -0.1) is 0 Å². The molecule has 2 aromatic carbocycles. The summed E-state index contributed by atoms with van der Waals surface area (Å²) in [5.74, 6) is 0.826. The number of carbonyl (C=O) groups excluding carboxylic acids is 1. The summed E-state index contributed by atoms with van der Waals surface area (Å²) >= 11 is 7.75. The monoisotopic (exact) mass is 563 g/mol. The predicted octanol–water partition coefficient (Wildman–Crippen LogP) is 5.20. The lowest BCUT2D eigenvalue weighted by atomic mass is 10.0. The normalized spacial score (nSPS) is 19.4. The summed E-state index contributed by atoms with van der Waals surface area (Å²) in [5.41, 5.74) is 0.971. The summed E-state index contributed by atoms with van der Waals surface area (Å²) in [7, 11) is -2.03. The molecule has 0 spiro atoms. The van der Waals surface area contributed by atoms with Gasteiger partial charge in [0.25, 0.3) is 5.91 Å². The first-order valence-electron chi connectivity index (χ1n) is 12.4. The number of carbonyl (C=O) groups is 1. The van der Waals surface area contributed by atoms with Gasteiger partial charge in [-0.2, -0.15) is 4.31 Å². The third kappa shape index (κ3) is 5.35. The van der Waals surface area contributed by atoms with Gasteiger partial charge in [-0.25, -0.2) is 13.4 Å². The van der Waals surface area contributed by atoms with Crippen LogP contribution in [0.4, 0.5) is 5.13 Å². The van der Waals surface area contributed by atoms with E-state index in [4.69, 9.17) is 26.1 Å². The summed E-state index contributed by atoms with van der Waals surface area (Å²) in [6.07, 6.45) is 3.39. The summed E-state index contributed by atoms with van der Waals surface area (Å²) in [6, 6.07) is 9.68. The molecule has 37 heavy (non-hydrogen) atoms.